The molecule has 1 N–H and O–H groups in total. The van der Waals surface area contributed by atoms with Crippen LogP contribution in [0.15, 0.2) is 23.3 Å². The molecule has 0 amide bonds. The summed E-state index contributed by atoms with van der Waals surface area (Å²) in [4.78, 5) is 0. The molecule has 1 nitrogen and oxygen atoms in total. The van der Waals surface area contributed by atoms with E-state index in [9.17, 15) is 5.11 Å². The van der Waals surface area contributed by atoms with Crippen LogP contribution in [0.25, 0.3) is 0 Å². The van der Waals surface area contributed by atoms with Crippen molar-refractivity contribution >= 4 is 0 Å². The first-order valence-corrected chi connectivity index (χ1v) is 7.03. The van der Waals surface area contributed by atoms with Crippen molar-refractivity contribution < 1.29 is 5.11 Å². The first kappa shape index (κ1) is 16.4. The van der Waals surface area contributed by atoms with E-state index < -0.39 is 0 Å². The standard InChI is InChI=1S/C16H30O/c1-5-6-7-11-16(17)13-12-15(4)10-8-9-14(2)3/h9,12,16-17H,5-8,10-11,13H2,1-4H3/b15-12-. The van der Waals surface area contributed by atoms with Gasteiger partial charge in [0.1, 0.15) is 0 Å². The van der Waals surface area contributed by atoms with Crippen molar-refractivity contribution in [2.75, 3.05) is 0 Å². The maximum atomic E-state index is 9.78. The molecule has 0 aliphatic rings. The average Bonchev–Trinajstić information content (AvgIpc) is 2.26. The second kappa shape index (κ2) is 10.6. The Kier molecular flexibility index (Phi) is 10.2. The summed E-state index contributed by atoms with van der Waals surface area (Å²) in [7, 11) is 0. The summed E-state index contributed by atoms with van der Waals surface area (Å²) in [5, 5.41) is 9.78. The van der Waals surface area contributed by atoms with Crippen LogP contribution >= 0.6 is 0 Å². The Morgan fingerprint density at radius 2 is 1.82 bits per heavy atom. The van der Waals surface area contributed by atoms with Crippen LogP contribution in [0.5, 0.6) is 0 Å². The van der Waals surface area contributed by atoms with E-state index >= 15 is 0 Å². The second-order valence-electron chi connectivity index (χ2n) is 5.26. The number of aliphatic hydroxyl groups is 1. The third-order valence-electron chi connectivity index (χ3n) is 2.97. The zero-order valence-corrected chi connectivity index (χ0v) is 12.1. The predicted molar refractivity (Wildman–Crippen MR) is 77.2 cm³/mol. The highest BCUT2D eigenvalue weighted by molar-refractivity contribution is 5.02. The summed E-state index contributed by atoms with van der Waals surface area (Å²) in [6.07, 6.45) is 12.0. The van der Waals surface area contributed by atoms with Gasteiger partial charge in [-0.15, -0.1) is 0 Å². The quantitative estimate of drug-likeness (QED) is 0.442. The first-order valence-electron chi connectivity index (χ1n) is 7.03. The fraction of sp³-hybridized carbons (Fsp3) is 0.750. The Balaban J connectivity index is 3.70. The van der Waals surface area contributed by atoms with E-state index in [1.807, 2.05) is 0 Å². The van der Waals surface area contributed by atoms with Gasteiger partial charge in [0.2, 0.25) is 0 Å². The highest BCUT2D eigenvalue weighted by Gasteiger charge is 2.01. The van der Waals surface area contributed by atoms with Crippen molar-refractivity contribution in [1.82, 2.24) is 0 Å². The lowest BCUT2D eigenvalue weighted by atomic mass is 10.0. The molecule has 0 aliphatic carbocycles. The number of hydrogen-bond acceptors (Lipinski definition) is 1. The van der Waals surface area contributed by atoms with Crippen LogP contribution in [0.1, 0.15) is 72.6 Å². The maximum absolute atomic E-state index is 9.78. The van der Waals surface area contributed by atoms with Gasteiger partial charge in [-0.25, -0.2) is 0 Å². The normalized spacial score (nSPS) is 13.6. The molecule has 17 heavy (non-hydrogen) atoms. The molecule has 0 heterocycles. The summed E-state index contributed by atoms with van der Waals surface area (Å²) in [5.74, 6) is 0. The van der Waals surface area contributed by atoms with Crippen molar-refractivity contribution in [2.45, 2.75) is 78.7 Å². The summed E-state index contributed by atoms with van der Waals surface area (Å²) in [6, 6.07) is 0. The molecule has 0 bridgehead atoms. The summed E-state index contributed by atoms with van der Waals surface area (Å²) < 4.78 is 0. The average molecular weight is 238 g/mol. The Hall–Kier alpha value is -0.560. The Morgan fingerprint density at radius 1 is 1.12 bits per heavy atom. The monoisotopic (exact) mass is 238 g/mol. The van der Waals surface area contributed by atoms with Gasteiger partial charge in [-0.3, -0.25) is 0 Å². The molecule has 0 aromatic carbocycles. The number of rotatable bonds is 9. The first-order chi connectivity index (χ1) is 8.06. The van der Waals surface area contributed by atoms with E-state index in [-0.39, 0.29) is 6.10 Å². The molecule has 0 saturated carbocycles. The van der Waals surface area contributed by atoms with Crippen LogP contribution in [0, 0.1) is 0 Å². The molecule has 0 spiro atoms. The van der Waals surface area contributed by atoms with Gasteiger partial charge >= 0.3 is 0 Å². The van der Waals surface area contributed by atoms with Crippen molar-refractivity contribution in [2.24, 2.45) is 0 Å². The molecule has 0 aromatic rings. The minimum atomic E-state index is -0.139. The predicted octanol–water partition coefficient (Wildman–Crippen LogP) is 5.01. The van der Waals surface area contributed by atoms with Gasteiger partial charge in [0.25, 0.3) is 0 Å². The van der Waals surface area contributed by atoms with Gasteiger partial charge in [0.15, 0.2) is 0 Å². The van der Waals surface area contributed by atoms with Crippen LogP contribution < -0.4 is 0 Å². The molecule has 1 unspecified atom stereocenters. The minimum absolute atomic E-state index is 0.139. The van der Waals surface area contributed by atoms with E-state index in [1.54, 1.807) is 0 Å². The topological polar surface area (TPSA) is 20.2 Å². The molecule has 0 aliphatic heterocycles. The summed E-state index contributed by atoms with van der Waals surface area (Å²) >= 11 is 0. The largest absolute Gasteiger partial charge is 0.393 e. The number of unbranched alkanes of at least 4 members (excludes halogenated alkanes) is 2. The molecular formula is C16H30O. The van der Waals surface area contributed by atoms with Crippen molar-refractivity contribution in [3.63, 3.8) is 0 Å². The van der Waals surface area contributed by atoms with Crippen molar-refractivity contribution in [3.8, 4) is 0 Å². The van der Waals surface area contributed by atoms with Crippen LogP contribution in [0.3, 0.4) is 0 Å². The molecule has 100 valence electrons. The molecule has 0 fully saturated rings. The molecule has 0 rings (SSSR count). The van der Waals surface area contributed by atoms with Gasteiger partial charge in [-0.2, -0.15) is 0 Å². The lowest BCUT2D eigenvalue weighted by molar-refractivity contribution is 0.163. The molecule has 0 radical (unpaired) electrons. The van der Waals surface area contributed by atoms with E-state index in [2.05, 4.69) is 39.8 Å². The highest BCUT2D eigenvalue weighted by atomic mass is 16.3. The van der Waals surface area contributed by atoms with Crippen LogP contribution in [0.2, 0.25) is 0 Å². The Morgan fingerprint density at radius 3 is 2.41 bits per heavy atom. The molecule has 1 heteroatoms. The smallest absolute Gasteiger partial charge is 0.0574 e. The van der Waals surface area contributed by atoms with Crippen molar-refractivity contribution in [1.29, 1.82) is 0 Å². The molecule has 0 aromatic heterocycles. The minimum Gasteiger partial charge on any atom is -0.393 e. The zero-order valence-electron chi connectivity index (χ0n) is 12.1. The zero-order chi connectivity index (χ0) is 13.1. The third-order valence-corrected chi connectivity index (χ3v) is 2.97. The number of hydrogen-bond donors (Lipinski definition) is 1. The SMILES string of the molecule is CCCCCC(O)C/C=C(/C)CCC=C(C)C. The summed E-state index contributed by atoms with van der Waals surface area (Å²) in [6.45, 7) is 8.63. The molecule has 1 atom stereocenters. The van der Waals surface area contributed by atoms with Crippen LogP contribution in [-0.4, -0.2) is 11.2 Å². The molecular weight excluding hydrogens is 208 g/mol. The fourth-order valence-electron chi connectivity index (χ4n) is 1.78. The van der Waals surface area contributed by atoms with E-state index in [0.717, 1.165) is 32.1 Å². The van der Waals surface area contributed by atoms with Gasteiger partial charge in [-0.1, -0.05) is 49.5 Å². The summed E-state index contributed by atoms with van der Waals surface area (Å²) in [5.41, 5.74) is 2.79. The van der Waals surface area contributed by atoms with Crippen LogP contribution in [0.4, 0.5) is 0 Å². The van der Waals surface area contributed by atoms with Gasteiger partial charge in [-0.05, 0) is 46.5 Å². The lowest BCUT2D eigenvalue weighted by Crippen LogP contribution is -2.04. The number of aliphatic hydroxyl groups excluding tert-OH is 1. The van der Waals surface area contributed by atoms with E-state index in [1.165, 1.54) is 24.0 Å². The fourth-order valence-corrected chi connectivity index (χ4v) is 1.78. The number of allylic oxidation sites excluding steroid dienone is 3. The third kappa shape index (κ3) is 11.7. The second-order valence-corrected chi connectivity index (χ2v) is 5.26. The van der Waals surface area contributed by atoms with E-state index in [4.69, 9.17) is 0 Å². The maximum Gasteiger partial charge on any atom is 0.0574 e. The van der Waals surface area contributed by atoms with Gasteiger partial charge in [0, 0.05) is 0 Å². The lowest BCUT2D eigenvalue weighted by Gasteiger charge is -2.08. The van der Waals surface area contributed by atoms with Crippen molar-refractivity contribution in [3.05, 3.63) is 23.3 Å². The van der Waals surface area contributed by atoms with Gasteiger partial charge < -0.3 is 5.11 Å². The van der Waals surface area contributed by atoms with Gasteiger partial charge in [0.05, 0.1) is 6.10 Å². The Bertz CT molecular complexity index is 234. The molecule has 0 saturated heterocycles. The van der Waals surface area contributed by atoms with Crippen LogP contribution in [-0.2, 0) is 0 Å². The highest BCUT2D eigenvalue weighted by Crippen LogP contribution is 2.11. The Labute approximate surface area is 108 Å². The van der Waals surface area contributed by atoms with E-state index in [0.29, 0.717) is 0 Å².